The number of hydrogen-bond donors (Lipinski definition) is 1. The SMILES string of the molecule is CCn1nc(C)cc1CC(O)c1ccco1. The molecule has 16 heavy (non-hydrogen) atoms. The zero-order valence-corrected chi connectivity index (χ0v) is 9.55. The fourth-order valence-corrected chi connectivity index (χ4v) is 1.82. The Balaban J connectivity index is 2.14. The van der Waals surface area contributed by atoms with E-state index in [4.69, 9.17) is 4.42 Å². The van der Waals surface area contributed by atoms with Gasteiger partial charge in [0.05, 0.1) is 12.0 Å². The third-order valence-corrected chi connectivity index (χ3v) is 2.56. The molecule has 0 spiro atoms. The lowest BCUT2D eigenvalue weighted by Gasteiger charge is -2.08. The van der Waals surface area contributed by atoms with Crippen LogP contribution in [0.4, 0.5) is 0 Å². The molecule has 1 atom stereocenters. The van der Waals surface area contributed by atoms with Crippen molar-refractivity contribution in [1.29, 1.82) is 0 Å². The van der Waals surface area contributed by atoms with Crippen molar-refractivity contribution in [2.75, 3.05) is 0 Å². The molecule has 1 N–H and O–H groups in total. The average Bonchev–Trinajstić information content (AvgIpc) is 2.87. The summed E-state index contributed by atoms with van der Waals surface area (Å²) in [7, 11) is 0. The Hall–Kier alpha value is -1.55. The largest absolute Gasteiger partial charge is 0.467 e. The second-order valence-electron chi connectivity index (χ2n) is 3.83. The smallest absolute Gasteiger partial charge is 0.132 e. The van der Waals surface area contributed by atoms with Crippen molar-refractivity contribution in [3.05, 3.63) is 41.6 Å². The van der Waals surface area contributed by atoms with Gasteiger partial charge in [0.1, 0.15) is 11.9 Å². The van der Waals surface area contributed by atoms with Gasteiger partial charge < -0.3 is 9.52 Å². The van der Waals surface area contributed by atoms with E-state index in [-0.39, 0.29) is 0 Å². The maximum Gasteiger partial charge on any atom is 0.132 e. The number of aromatic nitrogens is 2. The zero-order chi connectivity index (χ0) is 11.5. The van der Waals surface area contributed by atoms with Gasteiger partial charge >= 0.3 is 0 Å². The lowest BCUT2D eigenvalue weighted by Crippen LogP contribution is -2.07. The number of aryl methyl sites for hydroxylation is 2. The fraction of sp³-hybridized carbons (Fsp3) is 0.417. The van der Waals surface area contributed by atoms with E-state index in [9.17, 15) is 5.11 Å². The summed E-state index contributed by atoms with van der Waals surface area (Å²) in [6, 6.07) is 5.56. The quantitative estimate of drug-likeness (QED) is 0.858. The molecule has 0 amide bonds. The normalized spacial score (nSPS) is 12.9. The summed E-state index contributed by atoms with van der Waals surface area (Å²) in [6.07, 6.45) is 1.50. The fourth-order valence-electron chi connectivity index (χ4n) is 1.82. The molecule has 0 fully saturated rings. The molecular weight excluding hydrogens is 204 g/mol. The van der Waals surface area contributed by atoms with E-state index >= 15 is 0 Å². The van der Waals surface area contributed by atoms with Gasteiger partial charge in [0.15, 0.2) is 0 Å². The van der Waals surface area contributed by atoms with Crippen LogP contribution in [0.3, 0.4) is 0 Å². The summed E-state index contributed by atoms with van der Waals surface area (Å²) in [4.78, 5) is 0. The van der Waals surface area contributed by atoms with Crippen LogP contribution in [0.5, 0.6) is 0 Å². The van der Waals surface area contributed by atoms with Crippen molar-refractivity contribution in [1.82, 2.24) is 9.78 Å². The van der Waals surface area contributed by atoms with Gasteiger partial charge in [0.25, 0.3) is 0 Å². The highest BCUT2D eigenvalue weighted by Crippen LogP contribution is 2.19. The van der Waals surface area contributed by atoms with E-state index in [1.165, 1.54) is 0 Å². The molecule has 4 heteroatoms. The van der Waals surface area contributed by atoms with Crippen molar-refractivity contribution in [2.24, 2.45) is 0 Å². The van der Waals surface area contributed by atoms with Gasteiger partial charge in [0, 0.05) is 18.7 Å². The topological polar surface area (TPSA) is 51.2 Å². The Morgan fingerprint density at radius 1 is 1.56 bits per heavy atom. The van der Waals surface area contributed by atoms with Gasteiger partial charge in [-0.3, -0.25) is 4.68 Å². The first kappa shape index (κ1) is 11.0. The lowest BCUT2D eigenvalue weighted by molar-refractivity contribution is 0.147. The Bertz CT molecular complexity index is 446. The van der Waals surface area contributed by atoms with Crippen LogP contribution in [0.25, 0.3) is 0 Å². The third kappa shape index (κ3) is 2.17. The van der Waals surface area contributed by atoms with Crippen molar-refractivity contribution in [2.45, 2.75) is 32.9 Å². The summed E-state index contributed by atoms with van der Waals surface area (Å²) in [5.41, 5.74) is 2.01. The van der Waals surface area contributed by atoms with Crippen LogP contribution in [0, 0.1) is 6.92 Å². The first-order chi connectivity index (χ1) is 7.70. The molecule has 86 valence electrons. The second-order valence-corrected chi connectivity index (χ2v) is 3.83. The average molecular weight is 220 g/mol. The van der Waals surface area contributed by atoms with E-state index in [0.29, 0.717) is 12.2 Å². The van der Waals surface area contributed by atoms with Crippen LogP contribution in [-0.4, -0.2) is 14.9 Å². The standard InChI is InChI=1S/C12H16N2O2/c1-3-14-10(7-9(2)13-14)8-11(15)12-5-4-6-16-12/h4-7,11,15H,3,8H2,1-2H3. The first-order valence-corrected chi connectivity index (χ1v) is 5.45. The molecular formula is C12H16N2O2. The van der Waals surface area contributed by atoms with E-state index < -0.39 is 6.10 Å². The number of hydrogen-bond acceptors (Lipinski definition) is 3. The lowest BCUT2D eigenvalue weighted by atomic mass is 10.1. The molecule has 0 radical (unpaired) electrons. The molecule has 1 unspecified atom stereocenters. The Labute approximate surface area is 94.5 Å². The second kappa shape index (κ2) is 4.53. The number of furan rings is 1. The number of nitrogens with zero attached hydrogens (tertiary/aromatic N) is 2. The number of aliphatic hydroxyl groups is 1. The number of aliphatic hydroxyl groups excluding tert-OH is 1. The molecule has 2 heterocycles. The van der Waals surface area contributed by atoms with Crippen molar-refractivity contribution >= 4 is 0 Å². The van der Waals surface area contributed by atoms with E-state index in [1.54, 1.807) is 18.4 Å². The minimum atomic E-state index is -0.601. The summed E-state index contributed by atoms with van der Waals surface area (Å²) in [5, 5.41) is 14.3. The molecule has 0 saturated carbocycles. The van der Waals surface area contributed by atoms with Crippen molar-refractivity contribution < 1.29 is 9.52 Å². The summed E-state index contributed by atoms with van der Waals surface area (Å²) in [6.45, 7) is 4.80. The molecule has 2 aromatic heterocycles. The highest BCUT2D eigenvalue weighted by Gasteiger charge is 2.14. The first-order valence-electron chi connectivity index (χ1n) is 5.45. The third-order valence-electron chi connectivity index (χ3n) is 2.56. The van der Waals surface area contributed by atoms with Gasteiger partial charge in [0.2, 0.25) is 0 Å². The van der Waals surface area contributed by atoms with E-state index in [0.717, 1.165) is 17.9 Å². The van der Waals surface area contributed by atoms with Gasteiger partial charge in [-0.2, -0.15) is 5.10 Å². The van der Waals surface area contributed by atoms with Gasteiger partial charge in [-0.1, -0.05) is 0 Å². The van der Waals surface area contributed by atoms with Crippen LogP contribution < -0.4 is 0 Å². The van der Waals surface area contributed by atoms with Crippen molar-refractivity contribution in [3.8, 4) is 0 Å². The highest BCUT2D eigenvalue weighted by molar-refractivity contribution is 5.13. The van der Waals surface area contributed by atoms with Crippen LogP contribution in [0.2, 0.25) is 0 Å². The van der Waals surface area contributed by atoms with Crippen LogP contribution in [-0.2, 0) is 13.0 Å². The van der Waals surface area contributed by atoms with Crippen LogP contribution >= 0.6 is 0 Å². The minimum Gasteiger partial charge on any atom is -0.467 e. The summed E-state index contributed by atoms with van der Waals surface area (Å²) in [5.74, 6) is 0.599. The van der Waals surface area contributed by atoms with Crippen LogP contribution in [0.15, 0.2) is 28.9 Å². The molecule has 2 aromatic rings. The van der Waals surface area contributed by atoms with Crippen LogP contribution in [0.1, 0.15) is 30.2 Å². The van der Waals surface area contributed by atoms with Crippen molar-refractivity contribution in [3.63, 3.8) is 0 Å². The molecule has 0 aromatic carbocycles. The van der Waals surface area contributed by atoms with Gasteiger partial charge in [-0.05, 0) is 32.0 Å². The minimum absolute atomic E-state index is 0.530. The Morgan fingerprint density at radius 3 is 3.00 bits per heavy atom. The van der Waals surface area contributed by atoms with E-state index in [2.05, 4.69) is 5.10 Å². The zero-order valence-electron chi connectivity index (χ0n) is 9.55. The molecule has 0 aliphatic rings. The van der Waals surface area contributed by atoms with Gasteiger partial charge in [-0.15, -0.1) is 0 Å². The monoisotopic (exact) mass is 220 g/mol. The predicted octanol–water partition coefficient (Wildman–Crippen LogP) is 2.08. The van der Waals surface area contributed by atoms with Gasteiger partial charge in [-0.25, -0.2) is 0 Å². The maximum atomic E-state index is 9.96. The molecule has 0 saturated heterocycles. The Morgan fingerprint density at radius 2 is 2.38 bits per heavy atom. The molecule has 4 nitrogen and oxygen atoms in total. The molecule has 0 aliphatic heterocycles. The predicted molar refractivity (Wildman–Crippen MR) is 60.0 cm³/mol. The molecule has 0 bridgehead atoms. The molecule has 0 aliphatic carbocycles. The Kier molecular flexibility index (Phi) is 3.10. The van der Waals surface area contributed by atoms with E-state index in [1.807, 2.05) is 24.6 Å². The maximum absolute atomic E-state index is 9.96. The molecule has 2 rings (SSSR count). The highest BCUT2D eigenvalue weighted by atomic mass is 16.4. The summed E-state index contributed by atoms with van der Waals surface area (Å²) < 4.78 is 7.07. The number of rotatable bonds is 4. The summed E-state index contributed by atoms with van der Waals surface area (Å²) >= 11 is 0.